The maximum absolute atomic E-state index is 5.90. The Morgan fingerprint density at radius 2 is 1.83 bits per heavy atom. The van der Waals surface area contributed by atoms with Gasteiger partial charge in [-0.05, 0) is 43.5 Å². The van der Waals surface area contributed by atoms with E-state index < -0.39 is 0 Å². The van der Waals surface area contributed by atoms with Crippen molar-refractivity contribution >= 4 is 17.4 Å². The minimum Gasteiger partial charge on any atom is -0.397 e. The fourth-order valence-electron chi connectivity index (χ4n) is 2.11. The summed E-state index contributed by atoms with van der Waals surface area (Å²) in [7, 11) is 0. The summed E-state index contributed by atoms with van der Waals surface area (Å²) in [5.41, 5.74) is 12.1. The Labute approximate surface area is 113 Å². The third-order valence-corrected chi connectivity index (χ3v) is 4.14. The number of rotatable bonds is 3. The van der Waals surface area contributed by atoms with E-state index in [-0.39, 0.29) is 0 Å². The first-order valence-corrected chi connectivity index (χ1v) is 6.95. The molecule has 2 nitrogen and oxygen atoms in total. The SMILES string of the molecule is Cc1cc(C)c(CSc2ccncc2N)c(C)c1. The number of nitrogen functional groups attached to an aromatic ring is 1. The van der Waals surface area contributed by atoms with Crippen LogP contribution < -0.4 is 5.73 Å². The lowest BCUT2D eigenvalue weighted by Gasteiger charge is -2.11. The van der Waals surface area contributed by atoms with Gasteiger partial charge >= 0.3 is 0 Å². The molecule has 1 aromatic heterocycles. The van der Waals surface area contributed by atoms with Crippen molar-refractivity contribution < 1.29 is 0 Å². The Bertz CT molecular complexity index is 541. The summed E-state index contributed by atoms with van der Waals surface area (Å²) in [6.45, 7) is 6.48. The van der Waals surface area contributed by atoms with E-state index in [9.17, 15) is 0 Å². The maximum Gasteiger partial charge on any atom is 0.0638 e. The molecular formula is C15H18N2S. The molecule has 0 aliphatic heterocycles. The van der Waals surface area contributed by atoms with Gasteiger partial charge in [-0.3, -0.25) is 4.98 Å². The van der Waals surface area contributed by atoms with Crippen LogP contribution in [-0.2, 0) is 5.75 Å². The number of pyridine rings is 1. The zero-order valence-electron chi connectivity index (χ0n) is 11.0. The summed E-state index contributed by atoms with van der Waals surface area (Å²) < 4.78 is 0. The Kier molecular flexibility index (Phi) is 3.92. The standard InChI is InChI=1S/C15H18N2S/c1-10-6-11(2)13(12(3)7-10)9-18-15-4-5-17-8-14(15)16/h4-8H,9,16H2,1-3H3. The fourth-order valence-corrected chi connectivity index (χ4v) is 3.24. The lowest BCUT2D eigenvalue weighted by atomic mass is 10.0. The molecule has 0 saturated carbocycles. The summed E-state index contributed by atoms with van der Waals surface area (Å²) in [6, 6.07) is 6.44. The quantitative estimate of drug-likeness (QED) is 0.849. The van der Waals surface area contributed by atoms with Crippen LogP contribution >= 0.6 is 11.8 Å². The second kappa shape index (κ2) is 5.44. The van der Waals surface area contributed by atoms with Crippen molar-refractivity contribution in [3.05, 3.63) is 52.8 Å². The third kappa shape index (κ3) is 2.85. The van der Waals surface area contributed by atoms with Gasteiger partial charge in [0.2, 0.25) is 0 Å². The van der Waals surface area contributed by atoms with E-state index in [1.165, 1.54) is 22.3 Å². The molecule has 2 rings (SSSR count). The van der Waals surface area contributed by atoms with Crippen LogP contribution in [0.4, 0.5) is 5.69 Å². The van der Waals surface area contributed by atoms with Crippen LogP contribution in [0.15, 0.2) is 35.5 Å². The molecule has 2 aromatic rings. The van der Waals surface area contributed by atoms with Crippen LogP contribution in [0.3, 0.4) is 0 Å². The van der Waals surface area contributed by atoms with E-state index in [4.69, 9.17) is 5.73 Å². The molecule has 0 amide bonds. The summed E-state index contributed by atoms with van der Waals surface area (Å²) in [5, 5.41) is 0. The van der Waals surface area contributed by atoms with Gasteiger partial charge in [0, 0.05) is 16.8 Å². The van der Waals surface area contributed by atoms with Crippen LogP contribution in [0.2, 0.25) is 0 Å². The van der Waals surface area contributed by atoms with Crippen LogP contribution in [0.1, 0.15) is 22.3 Å². The topological polar surface area (TPSA) is 38.9 Å². The number of thioether (sulfide) groups is 1. The van der Waals surface area contributed by atoms with Gasteiger partial charge in [0.1, 0.15) is 0 Å². The maximum atomic E-state index is 5.90. The average molecular weight is 258 g/mol. The van der Waals surface area contributed by atoms with Gasteiger partial charge in [0.05, 0.1) is 11.9 Å². The molecule has 2 N–H and O–H groups in total. The van der Waals surface area contributed by atoms with Gasteiger partial charge in [0.15, 0.2) is 0 Å². The third-order valence-electron chi connectivity index (χ3n) is 3.02. The molecule has 0 aliphatic carbocycles. The predicted octanol–water partition coefficient (Wildman–Crippen LogP) is 3.88. The van der Waals surface area contributed by atoms with E-state index in [1.807, 2.05) is 6.07 Å². The van der Waals surface area contributed by atoms with E-state index >= 15 is 0 Å². The summed E-state index contributed by atoms with van der Waals surface area (Å²) in [4.78, 5) is 5.11. The predicted molar refractivity (Wildman–Crippen MR) is 78.9 cm³/mol. The van der Waals surface area contributed by atoms with E-state index in [1.54, 1.807) is 24.2 Å². The summed E-state index contributed by atoms with van der Waals surface area (Å²) >= 11 is 1.77. The highest BCUT2D eigenvalue weighted by molar-refractivity contribution is 7.98. The highest BCUT2D eigenvalue weighted by Gasteiger charge is 2.06. The largest absolute Gasteiger partial charge is 0.397 e. The average Bonchev–Trinajstić information content (AvgIpc) is 2.30. The van der Waals surface area contributed by atoms with Crippen molar-refractivity contribution in [3.63, 3.8) is 0 Å². The smallest absolute Gasteiger partial charge is 0.0638 e. The monoisotopic (exact) mass is 258 g/mol. The van der Waals surface area contributed by atoms with E-state index in [0.29, 0.717) is 0 Å². The van der Waals surface area contributed by atoms with Crippen molar-refractivity contribution in [2.24, 2.45) is 0 Å². The van der Waals surface area contributed by atoms with Crippen molar-refractivity contribution in [3.8, 4) is 0 Å². The second-order valence-electron chi connectivity index (χ2n) is 4.58. The molecule has 18 heavy (non-hydrogen) atoms. The minimum absolute atomic E-state index is 0.755. The van der Waals surface area contributed by atoms with Gasteiger partial charge in [-0.25, -0.2) is 0 Å². The van der Waals surface area contributed by atoms with Gasteiger partial charge in [-0.2, -0.15) is 0 Å². The lowest BCUT2D eigenvalue weighted by molar-refractivity contribution is 1.21. The number of anilines is 1. The first-order chi connectivity index (χ1) is 8.58. The lowest BCUT2D eigenvalue weighted by Crippen LogP contribution is -1.94. The number of hydrogen-bond donors (Lipinski definition) is 1. The number of aryl methyl sites for hydroxylation is 3. The van der Waals surface area contributed by atoms with Crippen molar-refractivity contribution in [1.82, 2.24) is 4.98 Å². The number of aromatic nitrogens is 1. The van der Waals surface area contributed by atoms with Crippen molar-refractivity contribution in [1.29, 1.82) is 0 Å². The fraction of sp³-hybridized carbons (Fsp3) is 0.267. The van der Waals surface area contributed by atoms with Crippen LogP contribution in [0.25, 0.3) is 0 Å². The number of benzene rings is 1. The Balaban J connectivity index is 2.19. The first-order valence-electron chi connectivity index (χ1n) is 5.97. The van der Waals surface area contributed by atoms with Gasteiger partial charge < -0.3 is 5.73 Å². The molecule has 94 valence electrons. The highest BCUT2D eigenvalue weighted by atomic mass is 32.2. The second-order valence-corrected chi connectivity index (χ2v) is 5.60. The van der Waals surface area contributed by atoms with Crippen LogP contribution in [0.5, 0.6) is 0 Å². The normalized spacial score (nSPS) is 10.6. The molecule has 0 aliphatic rings. The molecule has 1 heterocycles. The summed E-state index contributed by atoms with van der Waals surface area (Å²) in [5.74, 6) is 0.951. The molecule has 0 bridgehead atoms. The highest BCUT2D eigenvalue weighted by Crippen LogP contribution is 2.29. The Morgan fingerprint density at radius 1 is 1.17 bits per heavy atom. The molecule has 0 spiro atoms. The molecule has 0 atom stereocenters. The molecular weight excluding hydrogens is 240 g/mol. The molecule has 0 unspecified atom stereocenters. The molecule has 3 heteroatoms. The Morgan fingerprint density at radius 3 is 2.44 bits per heavy atom. The molecule has 0 fully saturated rings. The first kappa shape index (κ1) is 13.0. The number of hydrogen-bond acceptors (Lipinski definition) is 3. The molecule has 1 aromatic carbocycles. The van der Waals surface area contributed by atoms with Gasteiger partial charge in [-0.15, -0.1) is 11.8 Å². The number of nitrogens with zero attached hydrogens (tertiary/aromatic N) is 1. The number of nitrogens with two attached hydrogens (primary N) is 1. The van der Waals surface area contributed by atoms with Gasteiger partial charge in [0.25, 0.3) is 0 Å². The zero-order chi connectivity index (χ0) is 13.1. The van der Waals surface area contributed by atoms with Crippen molar-refractivity contribution in [2.45, 2.75) is 31.4 Å². The summed E-state index contributed by atoms with van der Waals surface area (Å²) in [6.07, 6.45) is 3.49. The van der Waals surface area contributed by atoms with Crippen LogP contribution in [0, 0.1) is 20.8 Å². The van der Waals surface area contributed by atoms with Crippen molar-refractivity contribution in [2.75, 3.05) is 5.73 Å². The van der Waals surface area contributed by atoms with Crippen LogP contribution in [-0.4, -0.2) is 4.98 Å². The molecule has 0 radical (unpaired) electrons. The van der Waals surface area contributed by atoms with E-state index in [0.717, 1.165) is 16.3 Å². The van der Waals surface area contributed by atoms with E-state index in [2.05, 4.69) is 37.9 Å². The minimum atomic E-state index is 0.755. The zero-order valence-corrected chi connectivity index (χ0v) is 11.8. The Hall–Kier alpha value is -1.48. The molecule has 0 saturated heterocycles. The van der Waals surface area contributed by atoms with Gasteiger partial charge in [-0.1, -0.05) is 17.7 Å².